The van der Waals surface area contributed by atoms with Gasteiger partial charge in [-0.15, -0.1) is 0 Å². The Bertz CT molecular complexity index is 464. The standard InChI is InChI=1S/C16H48Si8.C6H15P.2ClGe/c1-19(2,3)17(20(4,5)6)23(13,14)24(15,16)18(21(7,8)9)22(10,11)12;1-4-7(5-2)6-3;2*1-2/h1-16H3;4-6H2,1-3H3;;/p+1. The maximum atomic E-state index is 4.64. The van der Waals surface area contributed by atoms with Crippen LogP contribution in [0.2, 0.25) is 105 Å². The molecule has 8 radical (unpaired) electrons. The predicted octanol–water partition coefficient (Wildman–Crippen LogP) is 9.17. The van der Waals surface area contributed by atoms with E-state index in [2.05, 4.69) is 146 Å². The van der Waals surface area contributed by atoms with Gasteiger partial charge in [-0.3, -0.25) is 0 Å². The van der Waals surface area contributed by atoms with E-state index >= 15 is 0 Å². The molecule has 0 amide bonds. The van der Waals surface area contributed by atoms with Crippen LogP contribution in [0.15, 0.2) is 0 Å². The van der Waals surface area contributed by atoms with Gasteiger partial charge in [0.25, 0.3) is 0 Å². The molecule has 0 fully saturated rings. The Balaban J connectivity index is -0.000000367. The fourth-order valence-corrected chi connectivity index (χ4v) is 276. The first-order valence-corrected chi connectivity index (χ1v) is 50.9. The Hall–Kier alpha value is 3.83. The number of hydrogen-bond acceptors (Lipinski definition) is 0. The van der Waals surface area contributed by atoms with Crippen molar-refractivity contribution in [1.82, 2.24) is 0 Å². The van der Waals surface area contributed by atoms with Crippen LogP contribution in [-0.4, -0.2) is 109 Å². The van der Waals surface area contributed by atoms with Gasteiger partial charge in [-0.25, -0.2) is 0 Å². The molecule has 13 heteroatoms. The molecule has 0 saturated carbocycles. The van der Waals surface area contributed by atoms with E-state index in [-0.39, 0.29) is 22.6 Å². The summed E-state index contributed by atoms with van der Waals surface area (Å²) in [5.41, 5.74) is 0. The fourth-order valence-electron chi connectivity index (χ4n) is 7.38. The van der Waals surface area contributed by atoms with Crippen molar-refractivity contribution in [2.24, 2.45) is 0 Å². The third-order valence-electron chi connectivity index (χ3n) is 7.31. The van der Waals surface area contributed by atoms with Gasteiger partial charge in [0, 0.05) is 59.3 Å². The molecule has 35 heavy (non-hydrogen) atoms. The number of hydrogen-bond donors (Lipinski definition) is 0. The Morgan fingerprint density at radius 2 is 0.571 bits per heavy atom. The summed E-state index contributed by atoms with van der Waals surface area (Å²) in [5.74, 6) is 0. The summed E-state index contributed by atoms with van der Waals surface area (Å²) in [4.78, 5) is 0. The van der Waals surface area contributed by atoms with Crippen molar-refractivity contribution in [3.8, 4) is 0 Å². The second kappa shape index (κ2) is 19.1. The first kappa shape index (κ1) is 45.8. The normalized spacial score (nSPS) is 13.5. The molecule has 0 aromatic heterocycles. The zero-order chi connectivity index (χ0) is 29.9. The predicted molar refractivity (Wildman–Crippen MR) is 203 cm³/mol. The second-order valence-electron chi connectivity index (χ2n) is 14.8. The zero-order valence-electron chi connectivity index (χ0n) is 27.4. The van der Waals surface area contributed by atoms with Crippen LogP contribution in [0.1, 0.15) is 20.8 Å². The van der Waals surface area contributed by atoms with Crippen LogP contribution in [0.5, 0.6) is 0 Å². The Morgan fingerprint density at radius 1 is 0.429 bits per heavy atom. The van der Waals surface area contributed by atoms with Crippen molar-refractivity contribution in [2.75, 3.05) is 18.5 Å². The fraction of sp³-hybridized carbons (Fsp3) is 1.00. The SMILES string of the molecule is CC[PH+](CC)CC.C[Si](C)(C)[Si]([Si](C)(C)C)[Si](C)(C)[Si](C)(C)[Si]([Si](C)(C)C)[Si](C)(C)C.[Cl][Ge].[Cl][Ge]. The molecular formula is C22H64Cl2Ge2PSi8+. The minimum absolute atomic E-state index is 0.124. The van der Waals surface area contributed by atoms with Crippen LogP contribution in [0, 0.1) is 0 Å². The van der Waals surface area contributed by atoms with Gasteiger partial charge in [0.2, 0.25) is 0 Å². The molecule has 0 nitrogen and oxygen atoms in total. The van der Waals surface area contributed by atoms with Crippen molar-refractivity contribution < 1.29 is 0 Å². The number of halogens is 2. The molecule has 0 aliphatic carbocycles. The second-order valence-corrected chi connectivity index (χ2v) is 98.4. The van der Waals surface area contributed by atoms with Gasteiger partial charge >= 0.3 is 51.2 Å². The van der Waals surface area contributed by atoms with Crippen molar-refractivity contribution in [1.29, 1.82) is 0 Å². The molecule has 0 aliphatic heterocycles. The van der Waals surface area contributed by atoms with Crippen LogP contribution in [0.25, 0.3) is 0 Å². The molecule has 0 aromatic rings. The molecule has 0 spiro atoms. The average Bonchev–Trinajstić information content (AvgIpc) is 2.61. The van der Waals surface area contributed by atoms with E-state index in [1.54, 1.807) is 0 Å². The van der Waals surface area contributed by atoms with Gasteiger partial charge in [0.1, 0.15) is 0 Å². The van der Waals surface area contributed by atoms with Gasteiger partial charge in [-0.1, -0.05) is 105 Å². The molecule has 0 aliphatic rings. The molecule has 0 saturated heterocycles. The van der Waals surface area contributed by atoms with Crippen molar-refractivity contribution in [3.63, 3.8) is 0 Å². The first-order valence-electron chi connectivity index (χ1n) is 13.3. The van der Waals surface area contributed by atoms with Gasteiger partial charge in [-0.05, 0) is 28.7 Å². The van der Waals surface area contributed by atoms with Gasteiger partial charge < -0.3 is 0 Å². The van der Waals surface area contributed by atoms with Gasteiger partial charge in [0.15, 0.2) is 0 Å². The summed E-state index contributed by atoms with van der Waals surface area (Å²) < 4.78 is 0. The minimum atomic E-state index is -1.13. The van der Waals surface area contributed by atoms with E-state index in [0.29, 0.717) is 0 Å². The molecular weight excluding hydrogens is 736 g/mol. The molecule has 0 unspecified atom stereocenters. The van der Waals surface area contributed by atoms with Gasteiger partial charge in [-0.2, -0.15) is 0 Å². The van der Waals surface area contributed by atoms with E-state index in [1.165, 1.54) is 49.7 Å². The van der Waals surface area contributed by atoms with Crippen LogP contribution >= 0.6 is 27.9 Å². The molecule has 0 aromatic carbocycles. The Labute approximate surface area is 259 Å². The van der Waals surface area contributed by atoms with Crippen molar-refractivity contribution in [3.05, 3.63) is 0 Å². The Kier molecular flexibility index (Phi) is 25.0. The van der Waals surface area contributed by atoms with Crippen LogP contribution in [0.4, 0.5) is 0 Å². The monoisotopic (exact) mass is 801 g/mol. The summed E-state index contributed by atoms with van der Waals surface area (Å²) in [6.45, 7) is 51.6. The van der Waals surface area contributed by atoms with E-state index in [9.17, 15) is 0 Å². The van der Waals surface area contributed by atoms with Crippen LogP contribution in [0.3, 0.4) is 0 Å². The van der Waals surface area contributed by atoms with Gasteiger partial charge in [0.05, 0.1) is 18.5 Å². The summed E-state index contributed by atoms with van der Waals surface area (Å²) >= 11 is 2.94. The van der Waals surface area contributed by atoms with E-state index in [4.69, 9.17) is 0 Å². The van der Waals surface area contributed by atoms with Crippen molar-refractivity contribution >= 4 is 118 Å². The Morgan fingerprint density at radius 3 is 0.629 bits per heavy atom. The van der Waals surface area contributed by atoms with E-state index < -0.39 is 44.6 Å². The third kappa shape index (κ3) is 16.2. The van der Waals surface area contributed by atoms with Crippen molar-refractivity contribution in [2.45, 2.75) is 126 Å². The molecule has 210 valence electrons. The summed E-state index contributed by atoms with van der Waals surface area (Å²) in [7, 11) is 2.80. The summed E-state index contributed by atoms with van der Waals surface area (Å²) in [5, 5.41) is 0. The average molecular weight is 801 g/mol. The quantitative estimate of drug-likeness (QED) is 0.153. The summed E-state index contributed by atoms with van der Waals surface area (Å²) in [6, 6.07) is 0. The third-order valence-corrected chi connectivity index (χ3v) is 160. The van der Waals surface area contributed by atoms with E-state index in [0.717, 1.165) is 0 Å². The number of rotatable bonds is 10. The molecule has 0 rings (SSSR count). The molecule has 0 heterocycles. The molecule has 0 atom stereocenters. The first-order chi connectivity index (χ1) is 15.3. The van der Waals surface area contributed by atoms with Crippen LogP contribution in [-0.2, 0) is 0 Å². The zero-order valence-corrected chi connectivity index (χ0v) is 42.1. The molecule has 0 bridgehead atoms. The summed E-state index contributed by atoms with van der Waals surface area (Å²) in [6.07, 6.45) is 4.37. The van der Waals surface area contributed by atoms with Crippen LogP contribution < -0.4 is 0 Å². The topological polar surface area (TPSA) is 0 Å². The van der Waals surface area contributed by atoms with E-state index in [1.807, 2.05) is 0 Å². The molecule has 0 N–H and O–H groups in total. The maximum absolute atomic E-state index is 4.64.